The minimum absolute atomic E-state index is 0.0286. The zero-order valence-electron chi connectivity index (χ0n) is 18.0. The van der Waals surface area contributed by atoms with Gasteiger partial charge in [0, 0.05) is 30.9 Å². The third-order valence-corrected chi connectivity index (χ3v) is 5.03. The number of carbonyl (C=O) groups is 2. The molecule has 1 aliphatic rings. The maximum absolute atomic E-state index is 13.2. The molecule has 0 spiro atoms. The first-order valence-corrected chi connectivity index (χ1v) is 10.3. The van der Waals surface area contributed by atoms with Crippen molar-refractivity contribution in [2.75, 3.05) is 11.9 Å². The number of hydrogen-bond donors (Lipinski definition) is 2. The van der Waals surface area contributed by atoms with Crippen LogP contribution >= 0.6 is 0 Å². The summed E-state index contributed by atoms with van der Waals surface area (Å²) in [5.41, 5.74) is -0.353. The molecule has 1 saturated carbocycles. The van der Waals surface area contributed by atoms with E-state index < -0.39 is 29.7 Å². The first kappa shape index (κ1) is 22.8. The van der Waals surface area contributed by atoms with Crippen LogP contribution in [0.2, 0.25) is 0 Å². The fraction of sp³-hybridized carbons (Fsp3) is 0.600. The zero-order chi connectivity index (χ0) is 22.9. The lowest BCUT2D eigenvalue weighted by Crippen LogP contribution is -2.30. The number of anilines is 1. The number of amides is 2. The highest BCUT2D eigenvalue weighted by Crippen LogP contribution is 2.43. The van der Waals surface area contributed by atoms with Gasteiger partial charge < -0.3 is 10.6 Å². The standard InChI is InChI=1S/C20H27F3N6O2/c1-5-28-10-14(17(27-28)19(31)24-9-11(2)3)25-18(30)12(4)29-15(13-6-7-13)8-16(26-29)20(21,22)23/h8,10-13H,5-7,9H2,1-4H3,(H,24,31)(H,25,30). The Kier molecular flexibility index (Phi) is 6.42. The minimum Gasteiger partial charge on any atom is -0.350 e. The third kappa shape index (κ3) is 5.26. The summed E-state index contributed by atoms with van der Waals surface area (Å²) in [5, 5.41) is 13.3. The molecule has 0 saturated heterocycles. The van der Waals surface area contributed by atoms with Crippen LogP contribution in [0, 0.1) is 5.92 Å². The molecule has 11 heteroatoms. The molecule has 0 bridgehead atoms. The van der Waals surface area contributed by atoms with Gasteiger partial charge in [-0.05, 0) is 38.7 Å². The Morgan fingerprint density at radius 1 is 1.23 bits per heavy atom. The Hall–Kier alpha value is -2.85. The number of aromatic nitrogens is 4. The number of aryl methyl sites for hydroxylation is 1. The molecule has 3 rings (SSSR count). The molecule has 2 amide bonds. The molecule has 1 aliphatic carbocycles. The van der Waals surface area contributed by atoms with Gasteiger partial charge in [0.15, 0.2) is 11.4 Å². The van der Waals surface area contributed by atoms with E-state index in [2.05, 4.69) is 20.8 Å². The number of nitrogens with one attached hydrogen (secondary N) is 2. The quantitative estimate of drug-likeness (QED) is 0.656. The summed E-state index contributed by atoms with van der Waals surface area (Å²) in [4.78, 5) is 25.4. The van der Waals surface area contributed by atoms with E-state index in [1.807, 2.05) is 20.8 Å². The summed E-state index contributed by atoms with van der Waals surface area (Å²) >= 11 is 0. The van der Waals surface area contributed by atoms with Crippen molar-refractivity contribution < 1.29 is 22.8 Å². The Labute approximate surface area is 178 Å². The first-order chi connectivity index (χ1) is 14.5. The monoisotopic (exact) mass is 440 g/mol. The molecule has 8 nitrogen and oxygen atoms in total. The summed E-state index contributed by atoms with van der Waals surface area (Å²) < 4.78 is 42.1. The van der Waals surface area contributed by atoms with E-state index in [1.54, 1.807) is 0 Å². The molecule has 2 N–H and O–H groups in total. The number of nitrogens with zero attached hydrogens (tertiary/aromatic N) is 4. The van der Waals surface area contributed by atoms with E-state index in [9.17, 15) is 22.8 Å². The lowest BCUT2D eigenvalue weighted by Gasteiger charge is -2.15. The van der Waals surface area contributed by atoms with Crippen molar-refractivity contribution in [2.24, 2.45) is 5.92 Å². The van der Waals surface area contributed by atoms with Crippen LogP contribution in [0.1, 0.15) is 74.4 Å². The number of alkyl halides is 3. The third-order valence-electron chi connectivity index (χ3n) is 5.03. The molecule has 1 unspecified atom stereocenters. The van der Waals surface area contributed by atoms with E-state index in [4.69, 9.17) is 0 Å². The molecule has 1 fully saturated rings. The van der Waals surface area contributed by atoms with Crippen molar-refractivity contribution in [1.82, 2.24) is 24.9 Å². The molecule has 0 radical (unpaired) electrons. The van der Waals surface area contributed by atoms with Crippen molar-refractivity contribution >= 4 is 17.5 Å². The van der Waals surface area contributed by atoms with Crippen LogP contribution in [-0.2, 0) is 17.5 Å². The highest BCUT2D eigenvalue weighted by atomic mass is 19.4. The van der Waals surface area contributed by atoms with E-state index in [-0.39, 0.29) is 23.2 Å². The molecule has 2 aromatic rings. The molecule has 31 heavy (non-hydrogen) atoms. The van der Waals surface area contributed by atoms with Crippen LogP contribution < -0.4 is 10.6 Å². The maximum atomic E-state index is 13.2. The number of hydrogen-bond acceptors (Lipinski definition) is 4. The molecular formula is C20H27F3N6O2. The first-order valence-electron chi connectivity index (χ1n) is 10.3. The minimum atomic E-state index is -4.59. The van der Waals surface area contributed by atoms with Gasteiger partial charge in [0.25, 0.3) is 5.91 Å². The Morgan fingerprint density at radius 2 is 1.90 bits per heavy atom. The number of halogens is 3. The average molecular weight is 440 g/mol. The molecule has 170 valence electrons. The smallest absolute Gasteiger partial charge is 0.350 e. The van der Waals surface area contributed by atoms with Crippen LogP contribution in [0.5, 0.6) is 0 Å². The summed E-state index contributed by atoms with van der Waals surface area (Å²) in [6, 6.07) is 0.0182. The molecular weight excluding hydrogens is 413 g/mol. The fourth-order valence-corrected chi connectivity index (χ4v) is 3.11. The maximum Gasteiger partial charge on any atom is 0.435 e. The van der Waals surface area contributed by atoms with Gasteiger partial charge in [-0.25, -0.2) is 0 Å². The average Bonchev–Trinajstić information content (AvgIpc) is 3.30. The summed E-state index contributed by atoms with van der Waals surface area (Å²) in [6.45, 7) is 8.15. The highest BCUT2D eigenvalue weighted by Gasteiger charge is 2.39. The van der Waals surface area contributed by atoms with Crippen molar-refractivity contribution in [2.45, 2.75) is 65.2 Å². The van der Waals surface area contributed by atoms with Gasteiger partial charge in [-0.2, -0.15) is 23.4 Å². The van der Waals surface area contributed by atoms with E-state index in [1.165, 1.54) is 17.8 Å². The molecule has 0 aromatic carbocycles. The molecule has 2 aromatic heterocycles. The van der Waals surface area contributed by atoms with Crippen molar-refractivity contribution in [1.29, 1.82) is 0 Å². The van der Waals surface area contributed by atoms with Crippen LogP contribution in [0.15, 0.2) is 12.3 Å². The Morgan fingerprint density at radius 3 is 2.45 bits per heavy atom. The second-order valence-corrected chi connectivity index (χ2v) is 8.19. The zero-order valence-corrected chi connectivity index (χ0v) is 18.0. The number of carbonyl (C=O) groups excluding carboxylic acids is 2. The predicted molar refractivity (Wildman–Crippen MR) is 108 cm³/mol. The van der Waals surface area contributed by atoms with Crippen molar-refractivity contribution in [3.05, 3.63) is 29.3 Å². The second kappa shape index (κ2) is 8.72. The lowest BCUT2D eigenvalue weighted by molar-refractivity contribution is -0.141. The molecule has 2 heterocycles. The van der Waals surface area contributed by atoms with Gasteiger partial charge in [-0.1, -0.05) is 13.8 Å². The van der Waals surface area contributed by atoms with Gasteiger partial charge in [0.05, 0.1) is 5.69 Å². The van der Waals surface area contributed by atoms with Gasteiger partial charge in [0.2, 0.25) is 5.91 Å². The largest absolute Gasteiger partial charge is 0.435 e. The predicted octanol–water partition coefficient (Wildman–Crippen LogP) is 3.58. The SMILES string of the molecule is CCn1cc(NC(=O)C(C)n2nc(C(F)(F)F)cc2C2CC2)c(C(=O)NCC(C)C)n1. The van der Waals surface area contributed by atoms with Crippen LogP contribution in [0.25, 0.3) is 0 Å². The summed E-state index contributed by atoms with van der Waals surface area (Å²) in [5.74, 6) is -0.800. The van der Waals surface area contributed by atoms with Gasteiger partial charge >= 0.3 is 6.18 Å². The van der Waals surface area contributed by atoms with Crippen molar-refractivity contribution in [3.8, 4) is 0 Å². The van der Waals surface area contributed by atoms with Gasteiger partial charge in [-0.3, -0.25) is 19.0 Å². The second-order valence-electron chi connectivity index (χ2n) is 8.19. The molecule has 1 atom stereocenters. The highest BCUT2D eigenvalue weighted by molar-refractivity contribution is 6.03. The van der Waals surface area contributed by atoms with Crippen LogP contribution in [0.4, 0.5) is 18.9 Å². The normalized spacial score (nSPS) is 15.2. The Bertz CT molecular complexity index is 959. The van der Waals surface area contributed by atoms with E-state index in [0.717, 1.165) is 23.6 Å². The van der Waals surface area contributed by atoms with Gasteiger partial charge in [0.1, 0.15) is 6.04 Å². The lowest BCUT2D eigenvalue weighted by atomic mass is 10.2. The van der Waals surface area contributed by atoms with Gasteiger partial charge in [-0.15, -0.1) is 0 Å². The van der Waals surface area contributed by atoms with Crippen LogP contribution in [0.3, 0.4) is 0 Å². The van der Waals surface area contributed by atoms with Crippen LogP contribution in [-0.4, -0.2) is 37.9 Å². The Balaban J connectivity index is 1.82. The fourth-order valence-electron chi connectivity index (χ4n) is 3.11. The van der Waals surface area contributed by atoms with E-state index in [0.29, 0.717) is 18.8 Å². The number of rotatable bonds is 8. The topological polar surface area (TPSA) is 93.8 Å². The summed E-state index contributed by atoms with van der Waals surface area (Å²) in [6.07, 6.45) is -1.53. The van der Waals surface area contributed by atoms with E-state index >= 15 is 0 Å². The molecule has 0 aliphatic heterocycles. The van der Waals surface area contributed by atoms with Crippen molar-refractivity contribution in [3.63, 3.8) is 0 Å². The summed E-state index contributed by atoms with van der Waals surface area (Å²) in [7, 11) is 0.